The summed E-state index contributed by atoms with van der Waals surface area (Å²) in [5, 5.41) is 0. The largest absolute Gasteiger partial charge is 0.476 e. The zero-order valence-corrected chi connectivity index (χ0v) is 11.0. The van der Waals surface area contributed by atoms with Gasteiger partial charge in [0, 0.05) is 16.9 Å². The van der Waals surface area contributed by atoms with Crippen LogP contribution in [0.4, 0.5) is 0 Å². The van der Waals surface area contributed by atoms with Crippen LogP contribution in [0, 0.1) is 11.8 Å². The molecule has 0 unspecified atom stereocenters. The van der Waals surface area contributed by atoms with Gasteiger partial charge in [-0.3, -0.25) is 0 Å². The molecular formula is C11H14ClNO3S. The predicted octanol–water partition coefficient (Wildman–Crippen LogP) is 2.43. The highest BCUT2D eigenvalue weighted by molar-refractivity contribution is 8.13. The lowest BCUT2D eigenvalue weighted by atomic mass is 9.77. The van der Waals surface area contributed by atoms with E-state index in [0.29, 0.717) is 12.5 Å². The van der Waals surface area contributed by atoms with Crippen LogP contribution >= 0.6 is 10.7 Å². The van der Waals surface area contributed by atoms with Gasteiger partial charge in [-0.15, -0.1) is 0 Å². The molecule has 1 heterocycles. The molecule has 1 aromatic heterocycles. The Hall–Kier alpha value is -0.810. The summed E-state index contributed by atoms with van der Waals surface area (Å²) in [6.45, 7) is 2.69. The number of nitrogens with zero attached hydrogens (tertiary/aromatic N) is 1. The van der Waals surface area contributed by atoms with Crippen molar-refractivity contribution in [2.24, 2.45) is 11.8 Å². The van der Waals surface area contributed by atoms with Gasteiger partial charge in [0.05, 0.1) is 6.61 Å². The van der Waals surface area contributed by atoms with E-state index in [2.05, 4.69) is 11.9 Å². The highest BCUT2D eigenvalue weighted by Gasteiger charge is 2.27. The highest BCUT2D eigenvalue weighted by atomic mass is 35.7. The minimum absolute atomic E-state index is 0.0611. The van der Waals surface area contributed by atoms with Gasteiger partial charge in [0.2, 0.25) is 5.88 Å². The van der Waals surface area contributed by atoms with Crippen LogP contribution in [0.2, 0.25) is 0 Å². The van der Waals surface area contributed by atoms with Crippen molar-refractivity contribution in [1.29, 1.82) is 0 Å². The first kappa shape index (κ1) is 12.6. The van der Waals surface area contributed by atoms with Gasteiger partial charge in [-0.25, -0.2) is 13.4 Å². The zero-order valence-electron chi connectivity index (χ0n) is 9.47. The average Bonchev–Trinajstić information content (AvgIpc) is 2.22. The second kappa shape index (κ2) is 4.82. The zero-order chi connectivity index (χ0) is 12.5. The van der Waals surface area contributed by atoms with E-state index in [1.165, 1.54) is 18.3 Å². The van der Waals surface area contributed by atoms with Crippen molar-refractivity contribution in [1.82, 2.24) is 4.98 Å². The average molecular weight is 276 g/mol. The lowest BCUT2D eigenvalue weighted by Crippen LogP contribution is -2.27. The molecule has 2 rings (SSSR count). The molecule has 94 valence electrons. The van der Waals surface area contributed by atoms with Gasteiger partial charge >= 0.3 is 0 Å². The first-order valence-corrected chi connectivity index (χ1v) is 7.80. The second-order valence-electron chi connectivity index (χ2n) is 4.50. The van der Waals surface area contributed by atoms with Gasteiger partial charge in [-0.1, -0.05) is 6.92 Å². The molecule has 6 heteroatoms. The maximum absolute atomic E-state index is 11.3. The summed E-state index contributed by atoms with van der Waals surface area (Å²) in [5.41, 5.74) is 0. The number of hydrogen-bond acceptors (Lipinski definition) is 4. The number of hydrogen-bond donors (Lipinski definition) is 0. The van der Waals surface area contributed by atoms with Crippen LogP contribution in [-0.4, -0.2) is 20.0 Å². The van der Waals surface area contributed by atoms with Gasteiger partial charge < -0.3 is 4.74 Å². The van der Waals surface area contributed by atoms with Crippen molar-refractivity contribution in [3.8, 4) is 5.88 Å². The smallest absolute Gasteiger partial charge is 0.266 e. The van der Waals surface area contributed by atoms with Gasteiger partial charge in [0.15, 0.2) is 0 Å². The summed E-state index contributed by atoms with van der Waals surface area (Å²) >= 11 is 0. The third-order valence-corrected chi connectivity index (χ3v) is 4.26. The van der Waals surface area contributed by atoms with Crippen molar-refractivity contribution in [2.45, 2.75) is 24.7 Å². The molecule has 0 saturated heterocycles. The molecule has 1 aliphatic carbocycles. The van der Waals surface area contributed by atoms with Crippen LogP contribution in [0.1, 0.15) is 19.8 Å². The van der Waals surface area contributed by atoms with Crippen molar-refractivity contribution in [2.75, 3.05) is 6.61 Å². The van der Waals surface area contributed by atoms with Crippen LogP contribution < -0.4 is 4.74 Å². The molecular weight excluding hydrogens is 262 g/mol. The van der Waals surface area contributed by atoms with Crippen molar-refractivity contribution >= 4 is 19.7 Å². The number of halogens is 1. The SMILES string of the molecule is CC1CC(COc2ncccc2S(=O)(=O)Cl)C1. The maximum Gasteiger partial charge on any atom is 0.266 e. The fourth-order valence-electron chi connectivity index (χ4n) is 2.07. The lowest BCUT2D eigenvalue weighted by molar-refractivity contribution is 0.125. The normalized spacial score (nSPS) is 24.1. The molecule has 1 aliphatic rings. The molecule has 4 nitrogen and oxygen atoms in total. The topological polar surface area (TPSA) is 56.3 Å². The summed E-state index contributed by atoms with van der Waals surface area (Å²) in [7, 11) is 1.51. The Morgan fingerprint density at radius 2 is 2.24 bits per heavy atom. The highest BCUT2D eigenvalue weighted by Crippen LogP contribution is 2.34. The van der Waals surface area contributed by atoms with E-state index < -0.39 is 9.05 Å². The number of rotatable bonds is 4. The number of pyridine rings is 1. The minimum atomic E-state index is -3.80. The fourth-order valence-corrected chi connectivity index (χ4v) is 2.99. The maximum atomic E-state index is 11.3. The summed E-state index contributed by atoms with van der Waals surface area (Å²) < 4.78 is 28.0. The quantitative estimate of drug-likeness (QED) is 0.792. The minimum Gasteiger partial charge on any atom is -0.476 e. The van der Waals surface area contributed by atoms with Crippen LogP contribution in [0.3, 0.4) is 0 Å². The van der Waals surface area contributed by atoms with Crippen molar-refractivity contribution in [3.05, 3.63) is 18.3 Å². The van der Waals surface area contributed by atoms with Crippen LogP contribution in [0.5, 0.6) is 5.88 Å². The summed E-state index contributed by atoms with van der Waals surface area (Å²) in [6, 6.07) is 2.92. The lowest BCUT2D eigenvalue weighted by Gasteiger charge is -2.32. The first-order valence-electron chi connectivity index (χ1n) is 5.49. The summed E-state index contributed by atoms with van der Waals surface area (Å²) in [4.78, 5) is 3.85. The van der Waals surface area contributed by atoms with Crippen molar-refractivity contribution < 1.29 is 13.2 Å². The van der Waals surface area contributed by atoms with Gasteiger partial charge in [0.25, 0.3) is 9.05 Å². The molecule has 1 fully saturated rings. The Morgan fingerprint density at radius 3 is 2.82 bits per heavy atom. The van der Waals surface area contributed by atoms with Gasteiger partial charge in [-0.05, 0) is 36.8 Å². The molecule has 17 heavy (non-hydrogen) atoms. The summed E-state index contributed by atoms with van der Waals surface area (Å²) in [5.74, 6) is 1.34. The van der Waals surface area contributed by atoms with E-state index >= 15 is 0 Å². The molecule has 1 aromatic rings. The van der Waals surface area contributed by atoms with E-state index in [4.69, 9.17) is 15.4 Å². The van der Waals surface area contributed by atoms with E-state index in [-0.39, 0.29) is 10.8 Å². The molecule has 0 aromatic carbocycles. The molecule has 0 spiro atoms. The number of aromatic nitrogens is 1. The molecule has 0 bridgehead atoms. The molecule has 1 saturated carbocycles. The van der Waals surface area contributed by atoms with Gasteiger partial charge in [-0.2, -0.15) is 0 Å². The van der Waals surface area contributed by atoms with Crippen LogP contribution in [0.15, 0.2) is 23.2 Å². The molecule has 0 N–H and O–H groups in total. The fraction of sp³-hybridized carbons (Fsp3) is 0.545. The van der Waals surface area contributed by atoms with E-state index in [1.54, 1.807) is 0 Å². The monoisotopic (exact) mass is 275 g/mol. The van der Waals surface area contributed by atoms with Crippen LogP contribution in [0.25, 0.3) is 0 Å². The second-order valence-corrected chi connectivity index (χ2v) is 7.03. The molecule has 0 radical (unpaired) electrons. The third-order valence-electron chi connectivity index (χ3n) is 2.93. The van der Waals surface area contributed by atoms with E-state index in [9.17, 15) is 8.42 Å². The Labute approximate surface area is 105 Å². The molecule has 0 aliphatic heterocycles. The standard InChI is InChI=1S/C11H14ClNO3S/c1-8-5-9(6-8)7-16-11-10(17(12,14)15)3-2-4-13-11/h2-4,8-9H,5-7H2,1H3. The van der Waals surface area contributed by atoms with Crippen LogP contribution in [-0.2, 0) is 9.05 Å². The first-order chi connectivity index (χ1) is 7.97. The summed E-state index contributed by atoms with van der Waals surface area (Å²) in [6.07, 6.45) is 3.73. The Bertz CT molecular complexity index is 497. The molecule has 0 amide bonds. The predicted molar refractivity (Wildman–Crippen MR) is 64.7 cm³/mol. The van der Waals surface area contributed by atoms with Gasteiger partial charge in [0.1, 0.15) is 4.90 Å². The third kappa shape index (κ3) is 3.10. The van der Waals surface area contributed by atoms with E-state index in [0.717, 1.165) is 18.8 Å². The van der Waals surface area contributed by atoms with Crippen molar-refractivity contribution in [3.63, 3.8) is 0 Å². The molecule has 0 atom stereocenters. The Kier molecular flexibility index (Phi) is 3.58. The Morgan fingerprint density at radius 1 is 1.53 bits per heavy atom. The number of ether oxygens (including phenoxy) is 1. The Balaban J connectivity index is 2.05. The van der Waals surface area contributed by atoms with E-state index in [1.807, 2.05) is 0 Å².